The summed E-state index contributed by atoms with van der Waals surface area (Å²) in [5, 5.41) is 17.7. The Morgan fingerprint density at radius 3 is 2.81 bits per heavy atom. The van der Waals surface area contributed by atoms with E-state index in [1.165, 1.54) is 12.1 Å². The maximum atomic E-state index is 10.7. The summed E-state index contributed by atoms with van der Waals surface area (Å²) in [5.41, 5.74) is 0.590. The lowest BCUT2D eigenvalue weighted by atomic mass is 10.2. The standard InChI is InChI=1S/C11H13NO4/c1-2-16-10(7-13)12-9-5-3-4-8(6-9)11(14)15/h3-6,13H,2,7H2,1H3,(H,14,15). The van der Waals surface area contributed by atoms with Crippen LogP contribution in [-0.4, -0.2) is 35.3 Å². The van der Waals surface area contributed by atoms with Crippen LogP contribution in [0.3, 0.4) is 0 Å². The Morgan fingerprint density at radius 2 is 2.25 bits per heavy atom. The van der Waals surface area contributed by atoms with Gasteiger partial charge in [0.25, 0.3) is 0 Å². The Morgan fingerprint density at radius 1 is 1.50 bits per heavy atom. The molecular formula is C11H13NO4. The van der Waals surface area contributed by atoms with Gasteiger partial charge in [0.2, 0.25) is 5.90 Å². The molecule has 0 radical (unpaired) electrons. The van der Waals surface area contributed by atoms with Crippen LogP contribution in [0.2, 0.25) is 0 Å². The lowest BCUT2D eigenvalue weighted by molar-refractivity contribution is 0.0697. The Kier molecular flexibility index (Phi) is 4.47. The molecular weight excluding hydrogens is 210 g/mol. The van der Waals surface area contributed by atoms with Crippen molar-refractivity contribution in [2.75, 3.05) is 13.2 Å². The first-order chi connectivity index (χ1) is 7.67. The van der Waals surface area contributed by atoms with Crippen LogP contribution in [0.25, 0.3) is 0 Å². The summed E-state index contributed by atoms with van der Waals surface area (Å²) < 4.78 is 5.05. The van der Waals surface area contributed by atoms with Gasteiger partial charge in [0, 0.05) is 0 Å². The number of hydrogen-bond donors (Lipinski definition) is 2. The lowest BCUT2D eigenvalue weighted by Gasteiger charge is -2.04. The molecule has 0 unspecified atom stereocenters. The summed E-state index contributed by atoms with van der Waals surface area (Å²) in [6.07, 6.45) is 0. The van der Waals surface area contributed by atoms with Gasteiger partial charge in [-0.3, -0.25) is 0 Å². The Bertz CT molecular complexity index is 401. The first-order valence-electron chi connectivity index (χ1n) is 4.82. The summed E-state index contributed by atoms with van der Waals surface area (Å²) in [5.74, 6) is -0.843. The van der Waals surface area contributed by atoms with Crippen LogP contribution in [0.4, 0.5) is 5.69 Å². The molecule has 1 aromatic rings. The van der Waals surface area contributed by atoms with Gasteiger partial charge < -0.3 is 14.9 Å². The molecule has 5 heteroatoms. The number of aliphatic imine (C=N–C) groups is 1. The highest BCUT2D eigenvalue weighted by Gasteiger charge is 2.03. The number of carbonyl (C=O) groups is 1. The fourth-order valence-corrected chi connectivity index (χ4v) is 1.13. The van der Waals surface area contributed by atoms with Crippen molar-refractivity contribution in [3.05, 3.63) is 29.8 Å². The largest absolute Gasteiger partial charge is 0.479 e. The average Bonchev–Trinajstić information content (AvgIpc) is 2.29. The first kappa shape index (κ1) is 12.2. The van der Waals surface area contributed by atoms with Crippen LogP contribution in [0, 0.1) is 0 Å². The molecule has 0 fully saturated rings. The Balaban J connectivity index is 2.95. The second kappa shape index (κ2) is 5.87. The molecule has 0 bridgehead atoms. The van der Waals surface area contributed by atoms with Crippen molar-refractivity contribution in [3.8, 4) is 0 Å². The van der Waals surface area contributed by atoms with Crippen LogP contribution in [-0.2, 0) is 4.74 Å². The van der Waals surface area contributed by atoms with Gasteiger partial charge in [-0.25, -0.2) is 9.79 Å². The minimum atomic E-state index is -1.01. The molecule has 0 aliphatic carbocycles. The van der Waals surface area contributed by atoms with Crippen molar-refractivity contribution in [2.45, 2.75) is 6.92 Å². The Labute approximate surface area is 93.0 Å². The summed E-state index contributed by atoms with van der Waals surface area (Å²) in [4.78, 5) is 14.7. The zero-order chi connectivity index (χ0) is 12.0. The molecule has 0 saturated heterocycles. The van der Waals surface area contributed by atoms with Gasteiger partial charge in [-0.05, 0) is 25.1 Å². The number of carboxylic acids is 1. The van der Waals surface area contributed by atoms with Crippen molar-refractivity contribution < 1.29 is 19.7 Å². The number of rotatable bonds is 4. The first-order valence-corrected chi connectivity index (χ1v) is 4.82. The van der Waals surface area contributed by atoms with E-state index in [1.54, 1.807) is 19.1 Å². The molecule has 0 aliphatic heterocycles. The number of nitrogens with zero attached hydrogens (tertiary/aromatic N) is 1. The molecule has 16 heavy (non-hydrogen) atoms. The molecule has 0 saturated carbocycles. The molecule has 0 spiro atoms. The van der Waals surface area contributed by atoms with Gasteiger partial charge >= 0.3 is 5.97 Å². The number of carboxylic acid groups (broad SMARTS) is 1. The van der Waals surface area contributed by atoms with Crippen molar-refractivity contribution >= 4 is 17.6 Å². The van der Waals surface area contributed by atoms with Gasteiger partial charge in [0.15, 0.2) is 0 Å². The summed E-state index contributed by atoms with van der Waals surface area (Å²) in [6, 6.07) is 6.11. The molecule has 2 N–H and O–H groups in total. The summed E-state index contributed by atoms with van der Waals surface area (Å²) >= 11 is 0. The lowest BCUT2D eigenvalue weighted by Crippen LogP contribution is -2.09. The second-order valence-electron chi connectivity index (χ2n) is 2.95. The van der Waals surface area contributed by atoms with Gasteiger partial charge in [0.05, 0.1) is 17.9 Å². The third-order valence-electron chi connectivity index (χ3n) is 1.79. The van der Waals surface area contributed by atoms with Crippen LogP contribution < -0.4 is 0 Å². The van der Waals surface area contributed by atoms with Gasteiger partial charge in [-0.2, -0.15) is 0 Å². The predicted molar refractivity (Wildman–Crippen MR) is 59.2 cm³/mol. The van der Waals surface area contributed by atoms with Crippen LogP contribution in [0.15, 0.2) is 29.3 Å². The van der Waals surface area contributed by atoms with E-state index in [-0.39, 0.29) is 18.1 Å². The highest BCUT2D eigenvalue weighted by Crippen LogP contribution is 2.14. The normalized spacial score (nSPS) is 11.2. The number of benzene rings is 1. The molecule has 0 aromatic heterocycles. The van der Waals surface area contributed by atoms with Crippen LogP contribution >= 0.6 is 0 Å². The van der Waals surface area contributed by atoms with Crippen molar-refractivity contribution in [1.82, 2.24) is 0 Å². The van der Waals surface area contributed by atoms with E-state index < -0.39 is 5.97 Å². The van der Waals surface area contributed by atoms with E-state index >= 15 is 0 Å². The van der Waals surface area contributed by atoms with Crippen LogP contribution in [0.1, 0.15) is 17.3 Å². The van der Waals surface area contributed by atoms with Gasteiger partial charge in [-0.1, -0.05) is 6.07 Å². The fourth-order valence-electron chi connectivity index (χ4n) is 1.13. The van der Waals surface area contributed by atoms with E-state index in [0.29, 0.717) is 12.3 Å². The highest BCUT2D eigenvalue weighted by molar-refractivity contribution is 5.89. The highest BCUT2D eigenvalue weighted by atomic mass is 16.5. The topological polar surface area (TPSA) is 79.1 Å². The monoisotopic (exact) mass is 223 g/mol. The molecule has 86 valence electrons. The third kappa shape index (κ3) is 3.36. The summed E-state index contributed by atoms with van der Waals surface area (Å²) in [6.45, 7) is 1.86. The average molecular weight is 223 g/mol. The molecule has 1 rings (SSSR count). The minimum absolute atomic E-state index is 0.148. The third-order valence-corrected chi connectivity index (χ3v) is 1.79. The quantitative estimate of drug-likeness (QED) is 0.598. The minimum Gasteiger partial charge on any atom is -0.479 e. The second-order valence-corrected chi connectivity index (χ2v) is 2.95. The van der Waals surface area contributed by atoms with E-state index in [2.05, 4.69) is 4.99 Å². The van der Waals surface area contributed by atoms with Crippen LogP contribution in [0.5, 0.6) is 0 Å². The maximum absolute atomic E-state index is 10.7. The Hall–Kier alpha value is -1.88. The smallest absolute Gasteiger partial charge is 0.335 e. The molecule has 1 aromatic carbocycles. The van der Waals surface area contributed by atoms with Crippen molar-refractivity contribution in [3.63, 3.8) is 0 Å². The van der Waals surface area contributed by atoms with Crippen molar-refractivity contribution in [2.24, 2.45) is 4.99 Å². The van der Waals surface area contributed by atoms with Gasteiger partial charge in [-0.15, -0.1) is 0 Å². The SMILES string of the molecule is CCOC(CO)=Nc1cccc(C(=O)O)c1. The number of hydrogen-bond acceptors (Lipinski definition) is 4. The zero-order valence-electron chi connectivity index (χ0n) is 8.88. The number of aliphatic hydroxyl groups is 1. The molecule has 0 aliphatic rings. The van der Waals surface area contributed by atoms with Gasteiger partial charge in [0.1, 0.15) is 6.61 Å². The molecule has 0 atom stereocenters. The van der Waals surface area contributed by atoms with E-state index in [0.717, 1.165) is 0 Å². The van der Waals surface area contributed by atoms with Crippen molar-refractivity contribution in [1.29, 1.82) is 0 Å². The molecule has 0 heterocycles. The molecule has 5 nitrogen and oxygen atoms in total. The maximum Gasteiger partial charge on any atom is 0.335 e. The fraction of sp³-hybridized carbons (Fsp3) is 0.273. The number of ether oxygens (including phenoxy) is 1. The number of aromatic carboxylic acids is 1. The number of aliphatic hydroxyl groups excluding tert-OH is 1. The predicted octanol–water partition coefficient (Wildman–Crippen LogP) is 1.44. The van der Waals surface area contributed by atoms with E-state index in [4.69, 9.17) is 14.9 Å². The summed E-state index contributed by atoms with van der Waals surface area (Å²) in [7, 11) is 0. The van der Waals surface area contributed by atoms with E-state index in [1.807, 2.05) is 0 Å². The van der Waals surface area contributed by atoms with E-state index in [9.17, 15) is 4.79 Å². The zero-order valence-corrected chi connectivity index (χ0v) is 8.88. The molecule has 0 amide bonds.